The standard InChI is InChI=1S/C17H20N2O3/c1-3-22-14-10-13(21-2)15(14)17(20)19-12-8-4-6-11-7-5-9-18-16(11)12/h4-9,13-15H,3,10H2,1-2H3,(H,19,20). The number of amides is 1. The van der Waals surface area contributed by atoms with Crippen molar-refractivity contribution in [2.75, 3.05) is 19.0 Å². The number of para-hydroxylation sites is 1. The van der Waals surface area contributed by atoms with Crippen molar-refractivity contribution in [1.82, 2.24) is 4.98 Å². The number of ether oxygens (including phenoxy) is 2. The third-order valence-corrected chi connectivity index (χ3v) is 4.14. The number of hydrogen-bond acceptors (Lipinski definition) is 4. The van der Waals surface area contributed by atoms with E-state index in [0.717, 1.165) is 23.0 Å². The summed E-state index contributed by atoms with van der Waals surface area (Å²) in [5.41, 5.74) is 1.51. The van der Waals surface area contributed by atoms with Gasteiger partial charge >= 0.3 is 0 Å². The maximum atomic E-state index is 12.6. The Morgan fingerprint density at radius 2 is 2.14 bits per heavy atom. The van der Waals surface area contributed by atoms with Gasteiger partial charge in [0, 0.05) is 31.7 Å². The van der Waals surface area contributed by atoms with Crippen LogP contribution in [0.1, 0.15) is 13.3 Å². The summed E-state index contributed by atoms with van der Waals surface area (Å²) in [7, 11) is 1.63. The zero-order valence-corrected chi connectivity index (χ0v) is 12.8. The largest absolute Gasteiger partial charge is 0.380 e. The molecule has 1 aliphatic rings. The molecule has 1 aliphatic carbocycles. The first kappa shape index (κ1) is 14.9. The van der Waals surface area contributed by atoms with E-state index in [9.17, 15) is 4.79 Å². The van der Waals surface area contributed by atoms with E-state index in [1.807, 2.05) is 37.3 Å². The van der Waals surface area contributed by atoms with Gasteiger partial charge in [-0.05, 0) is 19.1 Å². The molecule has 3 atom stereocenters. The summed E-state index contributed by atoms with van der Waals surface area (Å²) in [6.07, 6.45) is 2.33. The SMILES string of the molecule is CCOC1CC(OC)C1C(=O)Nc1cccc2cccnc12. The van der Waals surface area contributed by atoms with Crippen LogP contribution in [0.3, 0.4) is 0 Å². The number of hydrogen-bond donors (Lipinski definition) is 1. The van der Waals surface area contributed by atoms with Gasteiger partial charge in [0.15, 0.2) is 0 Å². The van der Waals surface area contributed by atoms with Crippen LogP contribution in [0.15, 0.2) is 36.5 Å². The van der Waals surface area contributed by atoms with Gasteiger partial charge in [0.2, 0.25) is 5.91 Å². The van der Waals surface area contributed by atoms with E-state index < -0.39 is 0 Å². The quantitative estimate of drug-likeness (QED) is 0.922. The predicted molar refractivity (Wildman–Crippen MR) is 84.7 cm³/mol. The van der Waals surface area contributed by atoms with E-state index in [1.165, 1.54) is 0 Å². The molecule has 2 aromatic rings. The summed E-state index contributed by atoms with van der Waals surface area (Å²) < 4.78 is 11.0. The fourth-order valence-electron chi connectivity index (χ4n) is 2.95. The smallest absolute Gasteiger partial charge is 0.232 e. The highest BCUT2D eigenvalue weighted by atomic mass is 16.5. The Morgan fingerprint density at radius 1 is 1.32 bits per heavy atom. The van der Waals surface area contributed by atoms with E-state index in [1.54, 1.807) is 13.3 Å². The lowest BCUT2D eigenvalue weighted by Crippen LogP contribution is -2.54. The van der Waals surface area contributed by atoms with Crippen molar-refractivity contribution in [3.63, 3.8) is 0 Å². The van der Waals surface area contributed by atoms with E-state index in [4.69, 9.17) is 9.47 Å². The molecule has 0 bridgehead atoms. The maximum Gasteiger partial charge on any atom is 0.232 e. The fourth-order valence-corrected chi connectivity index (χ4v) is 2.95. The third-order valence-electron chi connectivity index (χ3n) is 4.14. The summed E-state index contributed by atoms with van der Waals surface area (Å²) in [6, 6.07) is 9.61. The second-order valence-electron chi connectivity index (χ2n) is 5.40. The van der Waals surface area contributed by atoms with E-state index >= 15 is 0 Å². The van der Waals surface area contributed by atoms with Crippen LogP contribution >= 0.6 is 0 Å². The van der Waals surface area contributed by atoms with Crippen LogP contribution in [0, 0.1) is 5.92 Å². The molecule has 5 heteroatoms. The summed E-state index contributed by atoms with van der Waals surface area (Å²) in [5.74, 6) is -0.348. The highest BCUT2D eigenvalue weighted by Crippen LogP contribution is 2.34. The van der Waals surface area contributed by atoms with E-state index in [-0.39, 0.29) is 24.0 Å². The number of methoxy groups -OCH3 is 1. The molecule has 0 radical (unpaired) electrons. The number of carbonyl (C=O) groups excluding carboxylic acids is 1. The van der Waals surface area contributed by atoms with Gasteiger partial charge in [0.05, 0.1) is 29.3 Å². The first-order chi connectivity index (χ1) is 10.7. The molecule has 3 unspecified atom stereocenters. The number of benzene rings is 1. The summed E-state index contributed by atoms with van der Waals surface area (Å²) in [6.45, 7) is 2.53. The highest BCUT2D eigenvalue weighted by molar-refractivity contribution is 6.01. The van der Waals surface area contributed by atoms with Crippen LogP contribution in [-0.4, -0.2) is 36.8 Å². The number of nitrogens with zero attached hydrogens (tertiary/aromatic N) is 1. The molecular weight excluding hydrogens is 280 g/mol. The zero-order valence-electron chi connectivity index (χ0n) is 12.8. The van der Waals surface area contributed by atoms with Crippen molar-refractivity contribution < 1.29 is 14.3 Å². The monoisotopic (exact) mass is 300 g/mol. The minimum absolute atomic E-state index is 0.0714. The molecule has 1 heterocycles. The molecule has 1 fully saturated rings. The van der Waals surface area contributed by atoms with Gasteiger partial charge in [0.1, 0.15) is 0 Å². The van der Waals surface area contributed by atoms with Crippen molar-refractivity contribution in [1.29, 1.82) is 0 Å². The highest BCUT2D eigenvalue weighted by Gasteiger charge is 2.47. The molecule has 1 aromatic heterocycles. The molecule has 116 valence electrons. The summed E-state index contributed by atoms with van der Waals surface area (Å²) in [4.78, 5) is 16.9. The van der Waals surface area contributed by atoms with E-state index in [0.29, 0.717) is 6.61 Å². The lowest BCUT2D eigenvalue weighted by atomic mass is 9.77. The molecule has 1 amide bonds. The van der Waals surface area contributed by atoms with Crippen molar-refractivity contribution in [3.05, 3.63) is 36.5 Å². The molecule has 5 nitrogen and oxygen atoms in total. The topological polar surface area (TPSA) is 60.5 Å². The molecular formula is C17H20N2O3. The van der Waals surface area contributed by atoms with Crippen LogP contribution < -0.4 is 5.32 Å². The molecule has 3 rings (SSSR count). The lowest BCUT2D eigenvalue weighted by molar-refractivity contribution is -0.159. The number of aromatic nitrogens is 1. The minimum Gasteiger partial charge on any atom is -0.380 e. The Hall–Kier alpha value is -1.98. The second-order valence-corrected chi connectivity index (χ2v) is 5.40. The number of rotatable bonds is 5. The van der Waals surface area contributed by atoms with Gasteiger partial charge in [-0.25, -0.2) is 0 Å². The summed E-state index contributed by atoms with van der Waals surface area (Å²) >= 11 is 0. The molecule has 1 saturated carbocycles. The molecule has 0 saturated heterocycles. The number of anilines is 1. The number of pyridine rings is 1. The van der Waals surface area contributed by atoms with Crippen molar-refractivity contribution in [3.8, 4) is 0 Å². The summed E-state index contributed by atoms with van der Waals surface area (Å²) in [5, 5.41) is 3.98. The average molecular weight is 300 g/mol. The molecule has 1 N–H and O–H groups in total. The normalized spacial score (nSPS) is 24.0. The van der Waals surface area contributed by atoms with Crippen molar-refractivity contribution in [2.24, 2.45) is 5.92 Å². The second kappa shape index (κ2) is 6.42. The Morgan fingerprint density at radius 3 is 2.91 bits per heavy atom. The number of nitrogens with one attached hydrogen (secondary N) is 1. The van der Waals surface area contributed by atoms with Gasteiger partial charge in [-0.15, -0.1) is 0 Å². The number of fused-ring (bicyclic) bond motifs is 1. The Labute approximate surface area is 129 Å². The molecule has 22 heavy (non-hydrogen) atoms. The van der Waals surface area contributed by atoms with E-state index in [2.05, 4.69) is 10.3 Å². The minimum atomic E-state index is -0.274. The zero-order chi connectivity index (χ0) is 15.5. The van der Waals surface area contributed by atoms with Crippen molar-refractivity contribution in [2.45, 2.75) is 25.6 Å². The first-order valence-corrected chi connectivity index (χ1v) is 7.53. The predicted octanol–water partition coefficient (Wildman–Crippen LogP) is 2.61. The number of carbonyl (C=O) groups is 1. The van der Waals surface area contributed by atoms with Crippen LogP contribution in [0.4, 0.5) is 5.69 Å². The Kier molecular flexibility index (Phi) is 4.36. The Bertz CT molecular complexity index is 669. The van der Waals surface area contributed by atoms with Gasteiger partial charge in [-0.2, -0.15) is 0 Å². The van der Waals surface area contributed by atoms with Crippen LogP contribution in [0.5, 0.6) is 0 Å². The maximum absolute atomic E-state index is 12.6. The van der Waals surface area contributed by atoms with Gasteiger partial charge in [-0.3, -0.25) is 9.78 Å². The van der Waals surface area contributed by atoms with Crippen LogP contribution in [0.2, 0.25) is 0 Å². The Balaban J connectivity index is 1.80. The molecule has 0 aliphatic heterocycles. The molecule has 1 aromatic carbocycles. The fraction of sp³-hybridized carbons (Fsp3) is 0.412. The third kappa shape index (κ3) is 2.69. The van der Waals surface area contributed by atoms with Crippen LogP contribution in [0.25, 0.3) is 10.9 Å². The van der Waals surface area contributed by atoms with Gasteiger partial charge < -0.3 is 14.8 Å². The van der Waals surface area contributed by atoms with Crippen LogP contribution in [-0.2, 0) is 14.3 Å². The lowest BCUT2D eigenvalue weighted by Gasteiger charge is -2.41. The first-order valence-electron chi connectivity index (χ1n) is 7.53. The van der Waals surface area contributed by atoms with Crippen molar-refractivity contribution >= 4 is 22.5 Å². The van der Waals surface area contributed by atoms with Gasteiger partial charge in [0.25, 0.3) is 0 Å². The molecule has 0 spiro atoms. The average Bonchev–Trinajstić information content (AvgIpc) is 2.51. The van der Waals surface area contributed by atoms with Gasteiger partial charge in [-0.1, -0.05) is 18.2 Å².